The summed E-state index contributed by atoms with van der Waals surface area (Å²) < 4.78 is 44.5. The number of nitrogens with one attached hydrogen (secondary N) is 1. The Balaban J connectivity index is 1.60. The molecule has 2 aromatic rings. The average molecular weight is 368 g/mol. The van der Waals surface area contributed by atoms with Crippen LogP contribution in [0.25, 0.3) is 0 Å². The summed E-state index contributed by atoms with van der Waals surface area (Å²) in [6.45, 7) is 1.11. The van der Waals surface area contributed by atoms with Gasteiger partial charge in [0.15, 0.2) is 0 Å². The van der Waals surface area contributed by atoms with Gasteiger partial charge in [-0.2, -0.15) is 8.42 Å². The van der Waals surface area contributed by atoms with E-state index in [2.05, 4.69) is 9.76 Å². The maximum atomic E-state index is 10.4. The van der Waals surface area contributed by atoms with E-state index in [9.17, 15) is 8.42 Å². The normalized spacial score (nSPS) is 11.1. The first kappa shape index (κ1) is 18.8. The third-order valence-electron chi connectivity index (χ3n) is 3.08. The highest BCUT2D eigenvalue weighted by Crippen LogP contribution is 2.17. The van der Waals surface area contributed by atoms with Crippen molar-refractivity contribution in [2.24, 2.45) is 0 Å². The molecule has 0 aromatic heterocycles. The van der Waals surface area contributed by atoms with Crippen LogP contribution in [0.5, 0.6) is 11.5 Å². The minimum Gasteiger partial charge on any atom is -0.494 e. The maximum Gasteiger partial charge on any atom is 0.418 e. The van der Waals surface area contributed by atoms with Gasteiger partial charge in [-0.25, -0.2) is 5.48 Å². The van der Waals surface area contributed by atoms with Crippen molar-refractivity contribution in [2.75, 3.05) is 24.4 Å². The smallest absolute Gasteiger partial charge is 0.418 e. The Hall–Kier alpha value is -2.49. The second-order valence-electron chi connectivity index (χ2n) is 5.11. The maximum absolute atomic E-state index is 10.4. The van der Waals surface area contributed by atoms with Crippen molar-refractivity contribution in [3.63, 3.8) is 0 Å². The summed E-state index contributed by atoms with van der Waals surface area (Å²) in [6.07, 6.45) is 1.66. The Morgan fingerprint density at radius 2 is 1.36 bits per heavy atom. The molecule has 8 nitrogen and oxygen atoms in total. The summed E-state index contributed by atoms with van der Waals surface area (Å²) >= 11 is 0. The molecule has 0 saturated carbocycles. The van der Waals surface area contributed by atoms with Crippen LogP contribution >= 0.6 is 0 Å². The topological polar surface area (TPSA) is 120 Å². The number of nitrogens with two attached hydrogens (primary N) is 1. The zero-order valence-electron chi connectivity index (χ0n) is 13.4. The molecule has 9 heteroatoms. The van der Waals surface area contributed by atoms with E-state index >= 15 is 0 Å². The molecule has 2 rings (SSSR count). The van der Waals surface area contributed by atoms with E-state index < -0.39 is 10.4 Å². The molecule has 0 unspecified atom stereocenters. The van der Waals surface area contributed by atoms with Gasteiger partial charge in [-0.15, -0.1) is 4.28 Å². The van der Waals surface area contributed by atoms with E-state index in [1.54, 1.807) is 36.4 Å². The van der Waals surface area contributed by atoms with Gasteiger partial charge in [0.05, 0.1) is 18.9 Å². The van der Waals surface area contributed by atoms with Gasteiger partial charge < -0.3 is 15.2 Å². The van der Waals surface area contributed by atoms with Crippen LogP contribution in [0, 0.1) is 0 Å². The van der Waals surface area contributed by atoms with Crippen molar-refractivity contribution in [1.82, 2.24) is 0 Å². The second-order valence-corrected chi connectivity index (χ2v) is 6.13. The molecule has 0 atom stereocenters. The number of hydrogen-bond donors (Lipinski definition) is 3. The molecular weight excluding hydrogens is 348 g/mol. The van der Waals surface area contributed by atoms with E-state index in [1.807, 2.05) is 12.1 Å². The SMILES string of the molecule is Nc1ccc(OCCCCOc2ccc(NOS(=O)(=O)O)cc2)cc1. The minimum absolute atomic E-state index is 0.363. The molecule has 0 radical (unpaired) electrons. The number of benzene rings is 2. The quantitative estimate of drug-likeness (QED) is 0.253. The Labute approximate surface area is 146 Å². The number of anilines is 2. The van der Waals surface area contributed by atoms with Crippen LogP contribution < -0.4 is 20.7 Å². The summed E-state index contributed by atoms with van der Waals surface area (Å²) in [5, 5.41) is 0. The lowest BCUT2D eigenvalue weighted by atomic mass is 10.3. The van der Waals surface area contributed by atoms with Crippen molar-refractivity contribution < 1.29 is 26.7 Å². The standard InChI is InChI=1S/C16H20N2O6S/c17-13-3-7-15(8-4-13)22-11-1-2-12-23-16-9-5-14(6-10-16)18-24-25(19,20)21/h3-10,18H,1-2,11-12,17H2,(H,19,20,21). The summed E-state index contributed by atoms with van der Waals surface area (Å²) in [7, 11) is -4.54. The van der Waals surface area contributed by atoms with Crippen LogP contribution in [0.3, 0.4) is 0 Å². The molecule has 0 aliphatic rings. The van der Waals surface area contributed by atoms with Crippen LogP contribution in [-0.4, -0.2) is 26.2 Å². The molecule has 0 heterocycles. The summed E-state index contributed by atoms with van der Waals surface area (Å²) in [4.78, 5) is 0. The molecule has 25 heavy (non-hydrogen) atoms. The van der Waals surface area contributed by atoms with Crippen LogP contribution in [0.2, 0.25) is 0 Å². The number of ether oxygens (including phenoxy) is 2. The van der Waals surface area contributed by atoms with Gasteiger partial charge in [0.1, 0.15) is 11.5 Å². The highest BCUT2D eigenvalue weighted by molar-refractivity contribution is 7.80. The lowest BCUT2D eigenvalue weighted by molar-refractivity contribution is 0.266. The van der Waals surface area contributed by atoms with Crippen LogP contribution in [0.15, 0.2) is 48.5 Å². The molecule has 0 fully saturated rings. The van der Waals surface area contributed by atoms with Gasteiger partial charge >= 0.3 is 10.4 Å². The summed E-state index contributed by atoms with van der Waals surface area (Å²) in [5.74, 6) is 1.42. The largest absolute Gasteiger partial charge is 0.494 e. The third-order valence-corrected chi connectivity index (χ3v) is 3.37. The van der Waals surface area contributed by atoms with E-state index in [-0.39, 0.29) is 0 Å². The predicted molar refractivity (Wildman–Crippen MR) is 93.8 cm³/mol. The molecule has 4 N–H and O–H groups in total. The van der Waals surface area contributed by atoms with E-state index in [4.69, 9.17) is 19.8 Å². The average Bonchev–Trinajstić information content (AvgIpc) is 2.58. The fourth-order valence-electron chi connectivity index (χ4n) is 1.87. The Morgan fingerprint density at radius 3 is 1.84 bits per heavy atom. The Bertz CT molecular complexity index is 747. The van der Waals surface area contributed by atoms with Crippen molar-refractivity contribution in [3.8, 4) is 11.5 Å². The van der Waals surface area contributed by atoms with Gasteiger partial charge in [0, 0.05) is 5.69 Å². The fraction of sp³-hybridized carbons (Fsp3) is 0.250. The van der Waals surface area contributed by atoms with E-state index in [1.165, 1.54) is 0 Å². The zero-order chi connectivity index (χ0) is 18.1. The Kier molecular flexibility index (Phi) is 6.87. The van der Waals surface area contributed by atoms with Gasteiger partial charge in [0.25, 0.3) is 0 Å². The fourth-order valence-corrected chi connectivity index (χ4v) is 2.07. The van der Waals surface area contributed by atoms with Gasteiger partial charge in [0.2, 0.25) is 0 Å². The highest BCUT2D eigenvalue weighted by Gasteiger charge is 2.04. The molecule has 2 aromatic carbocycles. The van der Waals surface area contributed by atoms with Crippen molar-refractivity contribution in [1.29, 1.82) is 0 Å². The number of unbranched alkanes of at least 4 members (excludes halogenated alkanes) is 1. The first-order valence-electron chi connectivity index (χ1n) is 7.55. The second kappa shape index (κ2) is 9.11. The molecule has 0 spiro atoms. The first-order chi connectivity index (χ1) is 11.9. The lowest BCUT2D eigenvalue weighted by Crippen LogP contribution is -2.09. The van der Waals surface area contributed by atoms with Crippen molar-refractivity contribution in [2.45, 2.75) is 12.8 Å². The summed E-state index contributed by atoms with van der Waals surface area (Å²) in [5.41, 5.74) is 8.76. The summed E-state index contributed by atoms with van der Waals surface area (Å²) in [6, 6.07) is 13.7. The van der Waals surface area contributed by atoms with Gasteiger partial charge in [-0.1, -0.05) is 0 Å². The molecular formula is C16H20N2O6S. The van der Waals surface area contributed by atoms with Crippen LogP contribution in [0.4, 0.5) is 11.4 Å². The third kappa shape index (κ3) is 7.75. The van der Waals surface area contributed by atoms with Crippen LogP contribution in [0.1, 0.15) is 12.8 Å². The van der Waals surface area contributed by atoms with Gasteiger partial charge in [-0.3, -0.25) is 4.55 Å². The molecule has 0 bridgehead atoms. The molecule has 0 aliphatic heterocycles. The van der Waals surface area contributed by atoms with Crippen molar-refractivity contribution in [3.05, 3.63) is 48.5 Å². The lowest BCUT2D eigenvalue weighted by Gasteiger charge is -2.09. The number of rotatable bonds is 10. The first-order valence-corrected chi connectivity index (χ1v) is 8.92. The Morgan fingerprint density at radius 1 is 0.880 bits per heavy atom. The van der Waals surface area contributed by atoms with Gasteiger partial charge in [-0.05, 0) is 61.4 Å². The number of hydrogen-bond acceptors (Lipinski definition) is 7. The molecule has 0 aliphatic carbocycles. The molecule has 0 saturated heterocycles. The zero-order valence-corrected chi connectivity index (χ0v) is 14.2. The molecule has 0 amide bonds. The number of nitrogen functional groups attached to an aromatic ring is 1. The van der Waals surface area contributed by atoms with Crippen LogP contribution in [-0.2, 0) is 14.7 Å². The van der Waals surface area contributed by atoms with E-state index in [0.29, 0.717) is 30.3 Å². The molecule has 136 valence electrons. The minimum atomic E-state index is -4.54. The predicted octanol–water partition coefficient (Wildman–Crippen LogP) is 2.65. The highest BCUT2D eigenvalue weighted by atomic mass is 32.3. The van der Waals surface area contributed by atoms with Crippen molar-refractivity contribution >= 4 is 21.8 Å². The monoisotopic (exact) mass is 368 g/mol. The van der Waals surface area contributed by atoms with E-state index in [0.717, 1.165) is 18.6 Å².